The van der Waals surface area contributed by atoms with E-state index in [9.17, 15) is 9.66 Å². The molecule has 0 aromatic carbocycles. The molecule has 10 nitrogen and oxygen atoms in total. The zero-order valence-electron chi connectivity index (χ0n) is 19.3. The molecule has 1 unspecified atom stereocenters. The molecule has 0 spiro atoms. The molecule has 3 aromatic rings. The number of hydrogen-bond donors (Lipinski definition) is 2. The molecule has 5 heterocycles. The first-order chi connectivity index (χ1) is 16.5. The number of aliphatic hydroxyl groups excluding tert-OH is 1. The van der Waals surface area contributed by atoms with Crippen LogP contribution in [0.3, 0.4) is 0 Å². The summed E-state index contributed by atoms with van der Waals surface area (Å²) in [7, 11) is 0. The quantitative estimate of drug-likeness (QED) is 0.482. The Hall–Kier alpha value is -2.76. The van der Waals surface area contributed by atoms with Crippen molar-refractivity contribution < 1.29 is 14.2 Å². The minimum atomic E-state index is -1.12. The van der Waals surface area contributed by atoms with Crippen molar-refractivity contribution in [1.29, 1.82) is 0 Å². The highest BCUT2D eigenvalue weighted by atomic mass is 32.2. The van der Waals surface area contributed by atoms with Gasteiger partial charge in [-0.25, -0.2) is 4.98 Å². The highest BCUT2D eigenvalue weighted by Crippen LogP contribution is 2.35. The molecule has 2 N–H and O–H groups in total. The van der Waals surface area contributed by atoms with Crippen molar-refractivity contribution in [2.45, 2.75) is 50.0 Å². The van der Waals surface area contributed by atoms with Crippen LogP contribution in [-0.2, 0) is 17.6 Å². The van der Waals surface area contributed by atoms with Gasteiger partial charge in [-0.1, -0.05) is 19.0 Å². The number of hydrogen-bond acceptors (Lipinski definition) is 10. The summed E-state index contributed by atoms with van der Waals surface area (Å²) in [6, 6.07) is 3.60. The third-order valence-corrected chi connectivity index (χ3v) is 7.95. The van der Waals surface area contributed by atoms with Crippen LogP contribution in [0.25, 0.3) is 11.4 Å². The molecule has 11 heteroatoms. The fourth-order valence-corrected chi connectivity index (χ4v) is 5.68. The number of anilines is 2. The molecule has 3 aromatic heterocycles. The lowest BCUT2D eigenvalue weighted by Crippen LogP contribution is -2.35. The van der Waals surface area contributed by atoms with E-state index >= 15 is 0 Å². The SMILES string of the molecule is CC(C)[C@H](CO)Nc1nc(N2CCC(c3nc(-c4cccnc4)no3)CC2)nc2c1[S+]([O-])CC2. The summed E-state index contributed by atoms with van der Waals surface area (Å²) in [4.78, 5) is 21.1. The second kappa shape index (κ2) is 9.85. The van der Waals surface area contributed by atoms with Gasteiger partial charge in [-0.05, 0) is 42.1 Å². The maximum Gasteiger partial charge on any atom is 0.230 e. The fourth-order valence-electron chi connectivity index (χ4n) is 4.36. The van der Waals surface area contributed by atoms with E-state index in [0.29, 0.717) is 40.6 Å². The summed E-state index contributed by atoms with van der Waals surface area (Å²) in [5.41, 5.74) is 1.67. The molecule has 2 aliphatic heterocycles. The van der Waals surface area contributed by atoms with Gasteiger partial charge in [-0.2, -0.15) is 9.97 Å². The molecule has 180 valence electrons. The first-order valence-corrected chi connectivity index (χ1v) is 13.0. The van der Waals surface area contributed by atoms with Crippen LogP contribution in [-0.4, -0.2) is 66.2 Å². The van der Waals surface area contributed by atoms with Gasteiger partial charge >= 0.3 is 0 Å². The van der Waals surface area contributed by atoms with Gasteiger partial charge < -0.3 is 24.4 Å². The van der Waals surface area contributed by atoms with Crippen LogP contribution >= 0.6 is 0 Å². The second-order valence-electron chi connectivity index (χ2n) is 9.08. The Morgan fingerprint density at radius 3 is 2.79 bits per heavy atom. The zero-order chi connectivity index (χ0) is 23.7. The van der Waals surface area contributed by atoms with E-state index in [1.807, 2.05) is 26.0 Å². The van der Waals surface area contributed by atoms with Crippen molar-refractivity contribution >= 4 is 22.9 Å². The Bertz CT molecular complexity index is 1120. The summed E-state index contributed by atoms with van der Waals surface area (Å²) in [5.74, 6) is 3.37. The van der Waals surface area contributed by atoms with Crippen molar-refractivity contribution in [2.75, 3.05) is 35.7 Å². The Morgan fingerprint density at radius 2 is 2.09 bits per heavy atom. The van der Waals surface area contributed by atoms with Gasteiger partial charge in [0.2, 0.25) is 22.6 Å². The van der Waals surface area contributed by atoms with E-state index in [1.54, 1.807) is 12.4 Å². The van der Waals surface area contributed by atoms with Crippen molar-refractivity contribution in [3.63, 3.8) is 0 Å². The Kier molecular flexibility index (Phi) is 6.66. The largest absolute Gasteiger partial charge is 0.611 e. The van der Waals surface area contributed by atoms with E-state index in [4.69, 9.17) is 14.5 Å². The van der Waals surface area contributed by atoms with E-state index in [2.05, 4.69) is 25.3 Å². The molecule has 5 rings (SSSR count). The van der Waals surface area contributed by atoms with Gasteiger partial charge in [0.25, 0.3) is 0 Å². The summed E-state index contributed by atoms with van der Waals surface area (Å²) in [5, 5.41) is 17.2. The summed E-state index contributed by atoms with van der Waals surface area (Å²) in [6.45, 7) is 5.56. The first kappa shape index (κ1) is 23.0. The third-order valence-electron chi connectivity index (χ3n) is 6.49. The van der Waals surface area contributed by atoms with Crippen molar-refractivity contribution in [3.05, 3.63) is 36.1 Å². The normalized spacial score (nSPS) is 19.4. The Labute approximate surface area is 201 Å². The average Bonchev–Trinajstić information content (AvgIpc) is 3.50. The minimum absolute atomic E-state index is 0.0188. The number of aryl methyl sites for hydroxylation is 1. The lowest BCUT2D eigenvalue weighted by atomic mass is 9.97. The average molecular weight is 484 g/mol. The predicted molar refractivity (Wildman–Crippen MR) is 128 cm³/mol. The number of fused-ring (bicyclic) bond motifs is 1. The molecule has 34 heavy (non-hydrogen) atoms. The number of nitrogens with one attached hydrogen (secondary N) is 1. The monoisotopic (exact) mass is 483 g/mol. The van der Waals surface area contributed by atoms with Crippen LogP contribution in [0.5, 0.6) is 0 Å². The maximum absolute atomic E-state index is 12.6. The smallest absolute Gasteiger partial charge is 0.230 e. The molecule has 0 bridgehead atoms. The van der Waals surface area contributed by atoms with Crippen LogP contribution in [0.4, 0.5) is 11.8 Å². The second-order valence-corrected chi connectivity index (χ2v) is 10.6. The zero-order valence-corrected chi connectivity index (χ0v) is 20.2. The molecule has 0 aliphatic carbocycles. The fraction of sp³-hybridized carbons (Fsp3) is 0.522. The molecule has 0 radical (unpaired) electrons. The van der Waals surface area contributed by atoms with Crippen LogP contribution in [0.2, 0.25) is 0 Å². The van der Waals surface area contributed by atoms with Crippen molar-refractivity contribution in [3.8, 4) is 11.4 Å². The van der Waals surface area contributed by atoms with Crippen LogP contribution in [0, 0.1) is 5.92 Å². The number of rotatable bonds is 7. The van der Waals surface area contributed by atoms with Gasteiger partial charge in [-0.15, -0.1) is 0 Å². The van der Waals surface area contributed by atoms with Crippen molar-refractivity contribution in [2.24, 2.45) is 5.92 Å². The first-order valence-electron chi connectivity index (χ1n) is 11.7. The molecule has 1 fully saturated rings. The van der Waals surface area contributed by atoms with Gasteiger partial charge in [-0.3, -0.25) is 4.98 Å². The third kappa shape index (κ3) is 4.59. The molecular formula is C23H29N7O3S. The Morgan fingerprint density at radius 1 is 1.26 bits per heavy atom. The molecule has 2 atom stereocenters. The van der Waals surface area contributed by atoms with E-state index in [1.165, 1.54) is 0 Å². The predicted octanol–water partition coefficient (Wildman–Crippen LogP) is 2.40. The highest BCUT2D eigenvalue weighted by Gasteiger charge is 2.35. The maximum atomic E-state index is 12.6. The van der Waals surface area contributed by atoms with E-state index in [0.717, 1.165) is 37.2 Å². The van der Waals surface area contributed by atoms with Gasteiger partial charge in [0.1, 0.15) is 11.4 Å². The van der Waals surface area contributed by atoms with Crippen molar-refractivity contribution in [1.82, 2.24) is 25.1 Å². The van der Waals surface area contributed by atoms with Gasteiger partial charge in [0.15, 0.2) is 5.82 Å². The van der Waals surface area contributed by atoms with Gasteiger partial charge in [0, 0.05) is 43.4 Å². The summed E-state index contributed by atoms with van der Waals surface area (Å²) >= 11 is -1.12. The van der Waals surface area contributed by atoms with Crippen LogP contribution in [0.15, 0.2) is 33.9 Å². The lowest BCUT2D eigenvalue weighted by Gasteiger charge is -2.31. The standard InChI is InChI=1S/C23H29N7O3S/c1-14(2)18(13-31)25-21-19-17(7-11-34(19)32)26-23(28-21)30-9-5-15(6-10-30)22-27-20(29-33-22)16-4-3-8-24-12-16/h3-4,8,12,14-15,18,31H,5-7,9-11,13H2,1-2H3,(H,25,26,28)/t18-,34?/m0/s1. The molecular weight excluding hydrogens is 454 g/mol. The number of aromatic nitrogens is 5. The number of aliphatic hydroxyl groups is 1. The molecule has 1 saturated heterocycles. The minimum Gasteiger partial charge on any atom is -0.611 e. The van der Waals surface area contributed by atoms with Crippen LogP contribution in [0.1, 0.15) is 44.2 Å². The topological polar surface area (TPSA) is 136 Å². The molecule has 0 amide bonds. The van der Waals surface area contributed by atoms with E-state index in [-0.39, 0.29) is 24.5 Å². The van der Waals surface area contributed by atoms with E-state index < -0.39 is 11.2 Å². The number of piperidine rings is 1. The van der Waals surface area contributed by atoms with Gasteiger partial charge in [0.05, 0.1) is 12.6 Å². The molecule has 0 saturated carbocycles. The lowest BCUT2D eigenvalue weighted by molar-refractivity contribution is 0.248. The highest BCUT2D eigenvalue weighted by molar-refractivity contribution is 7.91. The summed E-state index contributed by atoms with van der Waals surface area (Å²) < 4.78 is 18.2. The number of nitrogens with zero attached hydrogens (tertiary/aromatic N) is 6. The summed E-state index contributed by atoms with van der Waals surface area (Å²) in [6.07, 6.45) is 5.80. The molecule has 2 aliphatic rings. The Balaban J connectivity index is 1.31. The van der Waals surface area contributed by atoms with Crippen LogP contribution < -0.4 is 10.2 Å². The number of pyridine rings is 1.